The molecule has 3 aliphatic rings. The van der Waals surface area contributed by atoms with Gasteiger partial charge in [-0.1, -0.05) is 55.4 Å². The van der Waals surface area contributed by atoms with Gasteiger partial charge < -0.3 is 4.57 Å². The summed E-state index contributed by atoms with van der Waals surface area (Å²) in [5, 5.41) is 0.499. The van der Waals surface area contributed by atoms with Crippen LogP contribution in [0.1, 0.15) is 67.2 Å². The molecular weight excluding hydrogens is 391 g/mol. The van der Waals surface area contributed by atoms with Crippen LogP contribution in [-0.2, 0) is 14.2 Å². The molecule has 0 aromatic rings. The second kappa shape index (κ2) is 8.63. The predicted octanol–water partition coefficient (Wildman–Crippen LogP) is 7.24. The molecule has 0 radical (unpaired) electrons. The molecule has 2 atom stereocenters. The van der Waals surface area contributed by atoms with Crippen molar-refractivity contribution in [2.45, 2.75) is 67.2 Å². The van der Waals surface area contributed by atoms with Crippen LogP contribution in [0, 0.1) is 11.8 Å². The topological polar surface area (TPSA) is 51.2 Å². The van der Waals surface area contributed by atoms with Crippen molar-refractivity contribution >= 4 is 18.2 Å². The molecule has 0 aromatic heterocycles. The summed E-state index contributed by atoms with van der Waals surface area (Å²) in [6.07, 6.45) is 12.4. The van der Waals surface area contributed by atoms with Crippen molar-refractivity contribution in [1.82, 2.24) is 0 Å². The van der Waals surface area contributed by atoms with Gasteiger partial charge in [-0.3, -0.25) is 9.59 Å². The summed E-state index contributed by atoms with van der Waals surface area (Å²) in [5.41, 5.74) is 3.61. The van der Waals surface area contributed by atoms with Crippen molar-refractivity contribution in [3.8, 4) is 0 Å². The van der Waals surface area contributed by atoms with E-state index in [9.17, 15) is 14.2 Å². The maximum Gasteiger partial charge on any atom is 0.244 e. The van der Waals surface area contributed by atoms with E-state index < -0.39 is 18.2 Å². The molecule has 0 spiro atoms. The molecule has 0 amide bonds. The molecule has 30 heavy (non-hydrogen) atoms. The molecule has 3 aliphatic carbocycles. The molecule has 3 rings (SSSR count). The highest BCUT2D eigenvalue weighted by atomic mass is 31.2. The van der Waals surface area contributed by atoms with Crippen LogP contribution in [0.2, 0.25) is 0 Å². The van der Waals surface area contributed by atoms with Gasteiger partial charge in [-0.25, -0.2) is 0 Å². The maximum absolute atomic E-state index is 14.6. The Kier molecular flexibility index (Phi) is 6.53. The molecule has 4 heteroatoms. The van der Waals surface area contributed by atoms with Gasteiger partial charge in [-0.05, 0) is 76.4 Å². The SMILES string of the molecule is CC1=CC(C)CC(C)=C1C(=O)P(=O)(C(=O)C1=C(C)CC(C)C=C1C)C1=CC=CCC1. The van der Waals surface area contributed by atoms with Crippen LogP contribution in [0.25, 0.3) is 0 Å². The summed E-state index contributed by atoms with van der Waals surface area (Å²) in [6.45, 7) is 11.9. The number of allylic oxidation sites excluding steroid dienone is 12. The Labute approximate surface area is 180 Å². The maximum atomic E-state index is 14.6. The number of rotatable bonds is 5. The summed E-state index contributed by atoms with van der Waals surface area (Å²) >= 11 is 0. The molecule has 2 unspecified atom stereocenters. The molecule has 3 nitrogen and oxygen atoms in total. The van der Waals surface area contributed by atoms with E-state index in [4.69, 9.17) is 0 Å². The fourth-order valence-electron chi connectivity index (χ4n) is 5.20. The van der Waals surface area contributed by atoms with Gasteiger partial charge in [0, 0.05) is 16.5 Å². The molecule has 0 heterocycles. The summed E-state index contributed by atoms with van der Waals surface area (Å²) in [6, 6.07) is 0. The van der Waals surface area contributed by atoms with E-state index in [1.54, 1.807) is 6.08 Å². The lowest BCUT2D eigenvalue weighted by atomic mass is 9.87. The minimum Gasteiger partial charge on any atom is -0.302 e. The van der Waals surface area contributed by atoms with E-state index in [0.29, 0.717) is 41.1 Å². The highest BCUT2D eigenvalue weighted by Gasteiger charge is 2.47. The standard InChI is InChI=1S/C26H33O3P/c1-16-12-18(3)23(19(4)13-16)25(27)30(29,22-10-8-7-9-11-22)26(28)24-20(5)14-17(2)15-21(24)6/h7-8,10,12,14,16-17H,9,11,13,15H2,1-6H3. The molecule has 0 aliphatic heterocycles. The quantitative estimate of drug-likeness (QED) is 0.437. The first-order valence-corrected chi connectivity index (χ1v) is 12.6. The lowest BCUT2D eigenvalue weighted by Gasteiger charge is -2.28. The average molecular weight is 425 g/mol. The summed E-state index contributed by atoms with van der Waals surface area (Å²) < 4.78 is 14.6. The highest BCUT2D eigenvalue weighted by molar-refractivity contribution is 7.98. The second-order valence-corrected chi connectivity index (χ2v) is 11.8. The fourth-order valence-corrected chi connectivity index (χ4v) is 8.01. The van der Waals surface area contributed by atoms with Crippen molar-refractivity contribution in [3.63, 3.8) is 0 Å². The van der Waals surface area contributed by atoms with E-state index >= 15 is 0 Å². The Bertz CT molecular complexity index is 962. The van der Waals surface area contributed by atoms with Gasteiger partial charge in [0.05, 0.1) is 0 Å². The van der Waals surface area contributed by atoms with Crippen molar-refractivity contribution in [3.05, 3.63) is 69.1 Å². The van der Waals surface area contributed by atoms with Gasteiger partial charge in [0.25, 0.3) is 0 Å². The Hall–Kier alpha value is -1.99. The Morgan fingerprint density at radius 3 is 1.70 bits per heavy atom. The van der Waals surface area contributed by atoms with Crippen LogP contribution in [0.5, 0.6) is 0 Å². The van der Waals surface area contributed by atoms with E-state index in [2.05, 4.69) is 26.0 Å². The second-order valence-electron chi connectivity index (χ2n) is 9.22. The third-order valence-corrected chi connectivity index (χ3v) is 9.14. The minimum atomic E-state index is -3.97. The third kappa shape index (κ3) is 3.97. The van der Waals surface area contributed by atoms with Gasteiger partial charge in [0.2, 0.25) is 18.2 Å². The van der Waals surface area contributed by atoms with E-state index in [0.717, 1.165) is 35.1 Å². The zero-order chi connectivity index (χ0) is 22.2. The summed E-state index contributed by atoms with van der Waals surface area (Å²) in [4.78, 5) is 27.8. The number of carbonyl (C=O) groups excluding carboxylic acids is 2. The summed E-state index contributed by atoms with van der Waals surface area (Å²) in [7, 11) is -3.97. The van der Waals surface area contributed by atoms with Gasteiger partial charge in [0.15, 0.2) is 0 Å². The van der Waals surface area contributed by atoms with Crippen molar-refractivity contribution in [2.24, 2.45) is 11.8 Å². The monoisotopic (exact) mass is 424 g/mol. The predicted molar refractivity (Wildman–Crippen MR) is 125 cm³/mol. The van der Waals surface area contributed by atoms with Gasteiger partial charge >= 0.3 is 0 Å². The Morgan fingerprint density at radius 2 is 1.33 bits per heavy atom. The van der Waals surface area contributed by atoms with Crippen LogP contribution >= 0.6 is 7.14 Å². The van der Waals surface area contributed by atoms with Gasteiger partial charge in [-0.2, -0.15) is 0 Å². The molecule has 0 aromatic carbocycles. The molecule has 0 N–H and O–H groups in total. The van der Waals surface area contributed by atoms with Crippen LogP contribution in [0.3, 0.4) is 0 Å². The first-order valence-electron chi connectivity index (χ1n) is 10.9. The van der Waals surface area contributed by atoms with E-state index in [-0.39, 0.29) is 0 Å². The first-order chi connectivity index (χ1) is 14.1. The van der Waals surface area contributed by atoms with Gasteiger partial charge in [0.1, 0.15) is 0 Å². The van der Waals surface area contributed by atoms with E-state index in [1.807, 2.05) is 39.8 Å². The molecule has 160 valence electrons. The summed E-state index contributed by atoms with van der Waals surface area (Å²) in [5.74, 6) is 0.673. The van der Waals surface area contributed by atoms with Crippen LogP contribution in [-0.4, -0.2) is 11.0 Å². The zero-order valence-electron chi connectivity index (χ0n) is 19.0. The van der Waals surface area contributed by atoms with Crippen molar-refractivity contribution < 1.29 is 14.2 Å². The lowest BCUT2D eigenvalue weighted by Crippen LogP contribution is -2.21. The zero-order valence-corrected chi connectivity index (χ0v) is 19.9. The van der Waals surface area contributed by atoms with Crippen molar-refractivity contribution in [2.75, 3.05) is 0 Å². The molecule has 0 saturated heterocycles. The van der Waals surface area contributed by atoms with Crippen LogP contribution in [0.4, 0.5) is 0 Å². The Morgan fingerprint density at radius 1 is 0.867 bits per heavy atom. The number of hydrogen-bond donors (Lipinski definition) is 0. The normalized spacial score (nSPS) is 26.7. The van der Waals surface area contributed by atoms with Gasteiger partial charge in [-0.15, -0.1) is 0 Å². The third-order valence-electron chi connectivity index (χ3n) is 6.36. The molecular formula is C26H33O3P. The lowest BCUT2D eigenvalue weighted by molar-refractivity contribution is -0.111. The average Bonchev–Trinajstić information content (AvgIpc) is 2.66. The number of hydrogen-bond acceptors (Lipinski definition) is 3. The first kappa shape index (κ1) is 22.7. The number of carbonyl (C=O) groups is 2. The molecule has 0 bridgehead atoms. The van der Waals surface area contributed by atoms with Crippen molar-refractivity contribution in [1.29, 1.82) is 0 Å². The molecule has 0 fully saturated rings. The van der Waals surface area contributed by atoms with Crippen LogP contribution < -0.4 is 0 Å². The minimum absolute atomic E-state index is 0.337. The molecule has 0 saturated carbocycles. The Balaban J connectivity index is 2.18. The fraction of sp³-hybridized carbons (Fsp3) is 0.462. The smallest absolute Gasteiger partial charge is 0.244 e. The van der Waals surface area contributed by atoms with E-state index in [1.165, 1.54) is 0 Å². The highest BCUT2D eigenvalue weighted by Crippen LogP contribution is 2.63. The largest absolute Gasteiger partial charge is 0.302 e. The van der Waals surface area contributed by atoms with Crippen LogP contribution in [0.15, 0.2) is 69.1 Å².